The molecule has 0 heterocycles. The Morgan fingerprint density at radius 3 is 1.04 bits per heavy atom. The van der Waals surface area contributed by atoms with E-state index in [0.29, 0.717) is 12.1 Å². The Balaban J connectivity index is 2.17. The van der Waals surface area contributed by atoms with E-state index in [-0.39, 0.29) is 35.5 Å². The average molecular weight is 892 g/mol. The van der Waals surface area contributed by atoms with Gasteiger partial charge in [0.1, 0.15) is 11.5 Å². The molecule has 0 aliphatic rings. The van der Waals surface area contributed by atoms with Gasteiger partial charge in [-0.1, -0.05) is 24.3 Å². The molecule has 0 saturated heterocycles. The summed E-state index contributed by atoms with van der Waals surface area (Å²) in [6.45, 7) is 0. The minimum atomic E-state index is -5.82. The van der Waals surface area contributed by atoms with Crippen LogP contribution in [-0.2, 0) is 37.1 Å². The van der Waals surface area contributed by atoms with Gasteiger partial charge >= 0.3 is 50.2 Å². The van der Waals surface area contributed by atoms with Gasteiger partial charge in [-0.3, -0.25) is 0 Å². The predicted molar refractivity (Wildman–Crippen MR) is 164 cm³/mol. The molecule has 0 unspecified atom stereocenters. The van der Waals surface area contributed by atoms with E-state index in [1.165, 1.54) is 0 Å². The molecule has 0 aliphatic heterocycles. The van der Waals surface area contributed by atoms with Crippen molar-refractivity contribution in [3.05, 3.63) is 106 Å². The largest absolute Gasteiger partial charge is 0.633 e. The molecule has 0 aliphatic carbocycles. The monoisotopic (exact) mass is 890 g/mol. The molecule has 4 aromatic carbocycles. The summed E-state index contributed by atoms with van der Waals surface area (Å²) in [6.07, 6.45) is -34.1. The van der Waals surface area contributed by atoms with Gasteiger partial charge in [0, 0.05) is 5.46 Å². The van der Waals surface area contributed by atoms with Gasteiger partial charge in [0.25, 0.3) is 0 Å². The van der Waals surface area contributed by atoms with Gasteiger partial charge in [-0.05, 0) is 64.8 Å². The zero-order valence-electron chi connectivity index (χ0n) is 25.8. The Morgan fingerprint density at radius 1 is 0.418 bits per heavy atom. The normalized spacial score (nSPS) is 13.5. The lowest BCUT2D eigenvalue weighted by Gasteiger charge is -2.25. The van der Waals surface area contributed by atoms with Crippen molar-refractivity contribution in [3.8, 4) is 22.6 Å². The summed E-state index contributed by atoms with van der Waals surface area (Å²) in [5, 5.41) is -0.139. The fourth-order valence-corrected chi connectivity index (χ4v) is 6.45. The van der Waals surface area contributed by atoms with Crippen LogP contribution in [0.2, 0.25) is 0 Å². The molecule has 25 heteroatoms. The summed E-state index contributed by atoms with van der Waals surface area (Å²) in [4.78, 5) is 0. The summed E-state index contributed by atoms with van der Waals surface area (Å²) >= 11 is 17.6. The maximum Gasteiger partial charge on any atom is 0.633 e. The van der Waals surface area contributed by atoms with Crippen molar-refractivity contribution in [1.29, 1.82) is 0 Å². The van der Waals surface area contributed by atoms with E-state index >= 15 is 0 Å². The van der Waals surface area contributed by atoms with Gasteiger partial charge in [-0.2, -0.15) is 79.0 Å². The topological polar surface area (TPSA) is 18.5 Å². The molecule has 0 fully saturated rings. The van der Waals surface area contributed by atoms with Gasteiger partial charge in [-0.15, -0.1) is 33.2 Å². The van der Waals surface area contributed by atoms with Crippen LogP contribution in [0.1, 0.15) is 33.4 Å². The van der Waals surface area contributed by atoms with Gasteiger partial charge in [-0.25, -0.2) is 0 Å². The van der Waals surface area contributed by atoms with Crippen LogP contribution in [0.5, 0.6) is 11.5 Å². The smallest absolute Gasteiger partial charge is 0.522 e. The SMILES string of the molecule is FC(F)(F)c1cc(OB(Oc2cc(C(F)(F)F)cc(C(F)(F)F)c2)c2cc(C(F)(F)F)cc(C(F)(F)F)c2-c2ccc([Si](Cl)(Cl)Cl)cc2)cc(C(F)(F)F)c1. The van der Waals surface area contributed by atoms with Crippen molar-refractivity contribution in [2.24, 2.45) is 0 Å². The molecule has 0 bridgehead atoms. The van der Waals surface area contributed by atoms with E-state index in [1.54, 1.807) is 0 Å². The van der Waals surface area contributed by atoms with Crippen LogP contribution >= 0.6 is 33.2 Å². The minimum Gasteiger partial charge on any atom is -0.522 e. The molecule has 0 aromatic heterocycles. The molecule has 0 N–H and O–H groups in total. The van der Waals surface area contributed by atoms with Crippen LogP contribution in [0.15, 0.2) is 72.8 Å². The van der Waals surface area contributed by atoms with Crippen LogP contribution in [0.3, 0.4) is 0 Å². The number of halogens is 21. The zero-order valence-corrected chi connectivity index (χ0v) is 29.0. The first kappa shape index (κ1) is 44.1. The molecule has 4 rings (SSSR count). The second-order valence-corrected chi connectivity index (χ2v) is 19.5. The molecular formula is C30H12BCl3F18O2Si. The lowest BCUT2D eigenvalue weighted by atomic mass is 9.71. The van der Waals surface area contributed by atoms with Gasteiger partial charge < -0.3 is 9.31 Å². The van der Waals surface area contributed by atoms with Gasteiger partial charge in [0.15, 0.2) is 0 Å². The standard InChI is InChI=1S/C30H12BCl3F18O2Si/c32-55(33,34)21-3-1-13(2-4-21)24-22(30(50,51)52)11-18(29(47,48)49)12-23(24)31(53-19-7-14(25(35,36)37)5-15(8-19)26(38,39)40)54-20-9-16(27(41,42)43)6-17(10-20)28(44,45)46/h1-12H. The molecule has 2 nitrogen and oxygen atoms in total. The van der Waals surface area contributed by atoms with Crippen LogP contribution < -0.4 is 20.0 Å². The van der Waals surface area contributed by atoms with Crippen LogP contribution in [0, 0.1) is 0 Å². The van der Waals surface area contributed by atoms with E-state index < -0.39 is 130 Å². The Morgan fingerprint density at radius 2 is 0.745 bits per heavy atom. The van der Waals surface area contributed by atoms with Crippen LogP contribution in [-0.4, -0.2) is 13.1 Å². The summed E-state index contributed by atoms with van der Waals surface area (Å²) < 4.78 is 260. The van der Waals surface area contributed by atoms with Crippen molar-refractivity contribution in [2.75, 3.05) is 0 Å². The molecule has 0 spiro atoms. The van der Waals surface area contributed by atoms with E-state index in [0.717, 1.165) is 12.1 Å². The molecule has 4 aromatic rings. The summed E-state index contributed by atoms with van der Waals surface area (Å²) in [5.74, 6) is -3.35. The maximum absolute atomic E-state index is 14.6. The second kappa shape index (κ2) is 14.7. The fraction of sp³-hybridized carbons (Fsp3) is 0.200. The Hall–Kier alpha value is -3.63. The first-order chi connectivity index (χ1) is 24.7. The number of hydrogen-bond acceptors (Lipinski definition) is 2. The highest BCUT2D eigenvalue weighted by Gasteiger charge is 2.45. The Labute approximate surface area is 310 Å². The molecule has 0 saturated carbocycles. The highest BCUT2D eigenvalue weighted by molar-refractivity contribution is 7.69. The Kier molecular flexibility index (Phi) is 11.8. The number of alkyl halides is 18. The quantitative estimate of drug-likeness (QED) is 0.105. The molecule has 298 valence electrons. The van der Waals surface area contributed by atoms with Crippen molar-refractivity contribution < 1.29 is 88.3 Å². The first-order valence-electron chi connectivity index (χ1n) is 14.1. The third-order valence-electron chi connectivity index (χ3n) is 7.17. The number of rotatable bonds is 7. The van der Waals surface area contributed by atoms with Gasteiger partial charge in [0.05, 0.1) is 33.4 Å². The third kappa shape index (κ3) is 10.8. The van der Waals surface area contributed by atoms with E-state index in [9.17, 15) is 79.0 Å². The lowest BCUT2D eigenvalue weighted by Crippen LogP contribution is -2.45. The van der Waals surface area contributed by atoms with E-state index in [1.807, 2.05) is 0 Å². The highest BCUT2D eigenvalue weighted by atomic mass is 35.8. The molecule has 55 heavy (non-hydrogen) atoms. The Bertz CT molecular complexity index is 1890. The van der Waals surface area contributed by atoms with E-state index in [4.69, 9.17) is 42.5 Å². The van der Waals surface area contributed by atoms with Crippen LogP contribution in [0.4, 0.5) is 79.0 Å². The molecule has 0 radical (unpaired) electrons. The molecule has 0 amide bonds. The first-order valence-corrected chi connectivity index (χ1v) is 19.1. The maximum atomic E-state index is 14.6. The highest BCUT2D eigenvalue weighted by Crippen LogP contribution is 2.43. The average Bonchev–Trinajstić information content (AvgIpc) is 3.00. The summed E-state index contributed by atoms with van der Waals surface area (Å²) in [7, 11) is -3.28. The molecular weight excluding hydrogens is 880 g/mol. The molecule has 0 atom stereocenters. The second-order valence-electron chi connectivity index (χ2n) is 11.1. The summed E-state index contributed by atoms with van der Waals surface area (Å²) in [5.41, 5.74) is -17.0. The predicted octanol–water partition coefficient (Wildman–Crippen LogP) is 12.2. The lowest BCUT2D eigenvalue weighted by molar-refractivity contribution is -0.144. The van der Waals surface area contributed by atoms with Gasteiger partial charge in [0.2, 0.25) is 0 Å². The van der Waals surface area contributed by atoms with Crippen molar-refractivity contribution >= 4 is 57.0 Å². The minimum absolute atomic E-state index is 0.139. The van der Waals surface area contributed by atoms with Crippen LogP contribution in [0.25, 0.3) is 11.1 Å². The van der Waals surface area contributed by atoms with E-state index in [2.05, 4.69) is 0 Å². The summed E-state index contributed by atoms with van der Waals surface area (Å²) in [6, 6.07) is -3.27. The zero-order chi connectivity index (χ0) is 41.9. The number of hydrogen-bond donors (Lipinski definition) is 0. The number of benzene rings is 4. The fourth-order valence-electron chi connectivity index (χ4n) is 4.77. The third-order valence-corrected chi connectivity index (χ3v) is 10.1. The van der Waals surface area contributed by atoms with Crippen molar-refractivity contribution in [3.63, 3.8) is 0 Å². The van der Waals surface area contributed by atoms with Crippen molar-refractivity contribution in [2.45, 2.75) is 37.1 Å². The van der Waals surface area contributed by atoms with Crippen molar-refractivity contribution in [1.82, 2.24) is 0 Å².